The fraction of sp³-hybridized carbons (Fsp3) is 0.615. The van der Waals surface area contributed by atoms with E-state index in [1.54, 1.807) is 0 Å². The van der Waals surface area contributed by atoms with E-state index in [0.29, 0.717) is 6.54 Å². The van der Waals surface area contributed by atoms with E-state index in [4.69, 9.17) is 4.74 Å². The Morgan fingerprint density at radius 3 is 2.53 bits per heavy atom. The molecular formula is C13H22N2O2. The number of carbonyl (C=O) groups is 1. The van der Waals surface area contributed by atoms with Crippen molar-refractivity contribution >= 4 is 5.97 Å². The first-order valence-corrected chi connectivity index (χ1v) is 5.76. The number of rotatable bonds is 5. The summed E-state index contributed by atoms with van der Waals surface area (Å²) >= 11 is 0. The van der Waals surface area contributed by atoms with Crippen molar-refractivity contribution in [2.75, 3.05) is 13.7 Å². The molecule has 0 amide bonds. The summed E-state index contributed by atoms with van der Waals surface area (Å²) < 4.78 is 4.76. The molecule has 0 aromatic carbocycles. The Morgan fingerprint density at radius 2 is 2.06 bits per heavy atom. The smallest absolute Gasteiger partial charge is 0.325 e. The Kier molecular flexibility index (Phi) is 3.98. The lowest BCUT2D eigenvalue weighted by atomic mass is 9.85. The van der Waals surface area contributed by atoms with Crippen LogP contribution in [0.2, 0.25) is 0 Å². The highest BCUT2D eigenvalue weighted by atomic mass is 16.5. The molecule has 1 rings (SSSR count). The molecule has 4 nitrogen and oxygen atoms in total. The Bertz CT molecular complexity index is 367. The topological polar surface area (TPSA) is 54.1 Å². The molecule has 1 aromatic heterocycles. The Hall–Kier alpha value is -1.29. The number of hydrogen-bond acceptors (Lipinski definition) is 3. The lowest BCUT2D eigenvalue weighted by molar-refractivity contribution is -0.147. The summed E-state index contributed by atoms with van der Waals surface area (Å²) in [6.45, 7) is 8.62. The highest BCUT2D eigenvalue weighted by molar-refractivity contribution is 5.79. The van der Waals surface area contributed by atoms with Crippen LogP contribution in [0, 0.1) is 0 Å². The number of aromatic amines is 1. The quantitative estimate of drug-likeness (QED) is 0.770. The first-order chi connectivity index (χ1) is 7.79. The number of hydrogen-bond donors (Lipinski definition) is 2. The standard InChI is InChI=1S/C13H22N2O2/c1-12(2,10-6-7-14-8-10)9-15-13(3,4)11(16)17-5/h6-8,14-15H,9H2,1-5H3. The zero-order valence-corrected chi connectivity index (χ0v) is 11.3. The van der Waals surface area contributed by atoms with E-state index in [-0.39, 0.29) is 11.4 Å². The van der Waals surface area contributed by atoms with E-state index in [2.05, 4.69) is 24.1 Å². The molecule has 0 fully saturated rings. The maximum Gasteiger partial charge on any atom is 0.325 e. The van der Waals surface area contributed by atoms with Crippen molar-refractivity contribution in [1.29, 1.82) is 0 Å². The van der Waals surface area contributed by atoms with Gasteiger partial charge in [-0.3, -0.25) is 4.79 Å². The molecule has 1 aromatic rings. The SMILES string of the molecule is COC(=O)C(C)(C)NCC(C)(C)c1cc[nH]c1. The monoisotopic (exact) mass is 238 g/mol. The molecule has 0 aliphatic carbocycles. The molecule has 0 saturated heterocycles. The molecule has 0 unspecified atom stereocenters. The normalized spacial score (nSPS) is 12.5. The van der Waals surface area contributed by atoms with E-state index < -0.39 is 5.54 Å². The molecule has 4 heteroatoms. The van der Waals surface area contributed by atoms with E-state index in [1.807, 2.05) is 32.3 Å². The van der Waals surface area contributed by atoms with Gasteiger partial charge in [-0.1, -0.05) is 13.8 Å². The largest absolute Gasteiger partial charge is 0.468 e. The van der Waals surface area contributed by atoms with E-state index >= 15 is 0 Å². The van der Waals surface area contributed by atoms with Gasteiger partial charge in [0.1, 0.15) is 5.54 Å². The summed E-state index contributed by atoms with van der Waals surface area (Å²) in [7, 11) is 1.41. The molecular weight excluding hydrogens is 216 g/mol. The molecule has 17 heavy (non-hydrogen) atoms. The zero-order valence-electron chi connectivity index (χ0n) is 11.3. The number of esters is 1. The maximum absolute atomic E-state index is 11.5. The molecule has 0 aliphatic rings. The van der Waals surface area contributed by atoms with Crippen molar-refractivity contribution in [1.82, 2.24) is 10.3 Å². The van der Waals surface area contributed by atoms with Gasteiger partial charge in [-0.2, -0.15) is 0 Å². The summed E-state index contributed by atoms with van der Waals surface area (Å²) in [4.78, 5) is 14.6. The van der Waals surface area contributed by atoms with Gasteiger partial charge in [0.25, 0.3) is 0 Å². The first kappa shape index (κ1) is 13.8. The second kappa shape index (κ2) is 4.92. The number of ether oxygens (including phenoxy) is 1. The Labute approximate surface area is 103 Å². The average Bonchev–Trinajstić information content (AvgIpc) is 2.79. The third-order valence-corrected chi connectivity index (χ3v) is 3.05. The number of nitrogens with one attached hydrogen (secondary N) is 2. The molecule has 0 saturated carbocycles. The Morgan fingerprint density at radius 1 is 1.41 bits per heavy atom. The van der Waals surface area contributed by atoms with Crippen LogP contribution in [0.1, 0.15) is 33.3 Å². The molecule has 2 N–H and O–H groups in total. The number of methoxy groups -OCH3 is 1. The summed E-state index contributed by atoms with van der Waals surface area (Å²) in [5.41, 5.74) is 0.513. The van der Waals surface area contributed by atoms with Gasteiger partial charge in [0.15, 0.2) is 0 Å². The van der Waals surface area contributed by atoms with E-state index in [0.717, 1.165) is 0 Å². The summed E-state index contributed by atoms with van der Waals surface area (Å²) in [5.74, 6) is -0.248. The Balaban J connectivity index is 2.64. The van der Waals surface area contributed by atoms with E-state index in [9.17, 15) is 4.79 Å². The zero-order chi connectivity index (χ0) is 13.1. The molecule has 1 heterocycles. The fourth-order valence-electron chi connectivity index (χ4n) is 1.62. The number of aromatic nitrogens is 1. The first-order valence-electron chi connectivity index (χ1n) is 5.76. The van der Waals surface area contributed by atoms with Crippen LogP contribution in [-0.2, 0) is 14.9 Å². The summed E-state index contributed by atoms with van der Waals surface area (Å²) in [5, 5.41) is 3.25. The van der Waals surface area contributed by atoms with E-state index in [1.165, 1.54) is 12.7 Å². The van der Waals surface area contributed by atoms with Crippen LogP contribution >= 0.6 is 0 Å². The van der Waals surface area contributed by atoms with Gasteiger partial charge in [-0.25, -0.2) is 0 Å². The second-order valence-corrected chi connectivity index (χ2v) is 5.45. The van der Waals surface area contributed by atoms with Crippen molar-refractivity contribution in [3.63, 3.8) is 0 Å². The molecule has 0 bridgehead atoms. The fourth-order valence-corrected chi connectivity index (χ4v) is 1.62. The van der Waals surface area contributed by atoms with Gasteiger partial charge in [-0.05, 0) is 25.5 Å². The van der Waals surface area contributed by atoms with Gasteiger partial charge in [0.05, 0.1) is 7.11 Å². The van der Waals surface area contributed by atoms with Crippen molar-refractivity contribution in [2.24, 2.45) is 0 Å². The highest BCUT2D eigenvalue weighted by Gasteiger charge is 2.31. The molecule has 0 spiro atoms. The van der Waals surface area contributed by atoms with Crippen molar-refractivity contribution < 1.29 is 9.53 Å². The van der Waals surface area contributed by atoms with Crippen LogP contribution in [0.5, 0.6) is 0 Å². The third kappa shape index (κ3) is 3.33. The van der Waals surface area contributed by atoms with Crippen LogP contribution in [0.15, 0.2) is 18.5 Å². The van der Waals surface area contributed by atoms with Crippen LogP contribution < -0.4 is 5.32 Å². The highest BCUT2D eigenvalue weighted by Crippen LogP contribution is 2.22. The van der Waals surface area contributed by atoms with Gasteiger partial charge in [-0.15, -0.1) is 0 Å². The van der Waals surface area contributed by atoms with Crippen molar-refractivity contribution in [2.45, 2.75) is 38.6 Å². The minimum atomic E-state index is -0.664. The van der Waals surface area contributed by atoms with Gasteiger partial charge in [0.2, 0.25) is 0 Å². The van der Waals surface area contributed by atoms with Crippen LogP contribution in [0.4, 0.5) is 0 Å². The summed E-state index contributed by atoms with van der Waals surface area (Å²) in [6, 6.07) is 2.05. The molecule has 96 valence electrons. The van der Waals surface area contributed by atoms with Crippen molar-refractivity contribution in [3.05, 3.63) is 24.0 Å². The summed E-state index contributed by atoms with van der Waals surface area (Å²) in [6.07, 6.45) is 3.88. The second-order valence-electron chi connectivity index (χ2n) is 5.45. The van der Waals surface area contributed by atoms with Crippen molar-refractivity contribution in [3.8, 4) is 0 Å². The lowest BCUT2D eigenvalue weighted by Gasteiger charge is -2.30. The lowest BCUT2D eigenvalue weighted by Crippen LogP contribution is -2.51. The number of carbonyl (C=O) groups excluding carboxylic acids is 1. The average molecular weight is 238 g/mol. The minimum Gasteiger partial charge on any atom is -0.468 e. The number of H-pyrrole nitrogens is 1. The maximum atomic E-state index is 11.5. The van der Waals surface area contributed by atoms with Crippen LogP contribution in [-0.4, -0.2) is 30.1 Å². The van der Waals surface area contributed by atoms with Crippen LogP contribution in [0.25, 0.3) is 0 Å². The van der Waals surface area contributed by atoms with Gasteiger partial charge in [0, 0.05) is 24.4 Å². The third-order valence-electron chi connectivity index (χ3n) is 3.05. The molecule has 0 aliphatic heterocycles. The predicted molar refractivity (Wildman–Crippen MR) is 67.9 cm³/mol. The molecule has 0 atom stereocenters. The van der Waals surface area contributed by atoms with Gasteiger partial charge >= 0.3 is 5.97 Å². The predicted octanol–water partition coefficient (Wildman–Crippen LogP) is 1.83. The molecule has 0 radical (unpaired) electrons. The van der Waals surface area contributed by atoms with Gasteiger partial charge < -0.3 is 15.0 Å². The van der Waals surface area contributed by atoms with Crippen LogP contribution in [0.3, 0.4) is 0 Å². The minimum absolute atomic E-state index is 0.0364.